The first-order valence-electron chi connectivity index (χ1n) is 5.83. The Balaban J connectivity index is 1.90. The second-order valence-electron chi connectivity index (χ2n) is 4.29. The quantitative estimate of drug-likeness (QED) is 0.887. The second-order valence-corrected chi connectivity index (χ2v) is 5.30. The molecule has 1 aromatic rings. The van der Waals surface area contributed by atoms with Crippen molar-refractivity contribution in [1.82, 2.24) is 0 Å². The van der Waals surface area contributed by atoms with Crippen LogP contribution >= 0.6 is 11.8 Å². The number of benzene rings is 1. The van der Waals surface area contributed by atoms with Gasteiger partial charge in [0, 0.05) is 5.75 Å². The summed E-state index contributed by atoms with van der Waals surface area (Å²) in [6.45, 7) is 0. The van der Waals surface area contributed by atoms with Crippen molar-refractivity contribution in [2.24, 2.45) is 9.98 Å². The smallest absolute Gasteiger partial charge is 0.329 e. The third-order valence-electron chi connectivity index (χ3n) is 3.06. The Labute approximate surface area is 109 Å². The summed E-state index contributed by atoms with van der Waals surface area (Å²) in [6.07, 6.45) is 1.79. The molecule has 2 aliphatic heterocycles. The van der Waals surface area contributed by atoms with E-state index in [4.69, 9.17) is 5.11 Å². The molecule has 0 fully saturated rings. The lowest BCUT2D eigenvalue weighted by atomic mass is 10.0. The maximum Gasteiger partial charge on any atom is 0.329 e. The van der Waals surface area contributed by atoms with E-state index >= 15 is 0 Å². The van der Waals surface area contributed by atoms with Crippen molar-refractivity contribution in [2.75, 3.05) is 5.75 Å². The van der Waals surface area contributed by atoms with Crippen LogP contribution in [0.2, 0.25) is 0 Å². The number of carbonyl (C=O) groups is 1. The first kappa shape index (κ1) is 11.5. The minimum absolute atomic E-state index is 0.519. The molecular formula is C13H12N2O2S. The standard InChI is InChI=1S/C13H12N2O2S/c16-13(17)11-7-18-12(15-11)10-6-5-8-3-1-2-4-9(8)14-10/h1-4,11H,5-7H2,(H,16,17)/t11-/m1/s1. The van der Waals surface area contributed by atoms with Gasteiger partial charge in [0.05, 0.1) is 11.4 Å². The van der Waals surface area contributed by atoms with Crippen LogP contribution in [0.15, 0.2) is 34.3 Å². The third kappa shape index (κ3) is 2.06. The van der Waals surface area contributed by atoms with E-state index in [0.717, 1.165) is 29.3 Å². The molecule has 2 aliphatic rings. The molecule has 0 radical (unpaired) electrons. The highest BCUT2D eigenvalue weighted by Crippen LogP contribution is 2.29. The summed E-state index contributed by atoms with van der Waals surface area (Å²) < 4.78 is 0. The molecule has 0 aromatic heterocycles. The molecule has 5 heteroatoms. The van der Waals surface area contributed by atoms with Crippen LogP contribution in [0.1, 0.15) is 12.0 Å². The Bertz CT molecular complexity index is 566. The van der Waals surface area contributed by atoms with Crippen molar-refractivity contribution >= 4 is 34.2 Å². The largest absolute Gasteiger partial charge is 0.480 e. The van der Waals surface area contributed by atoms with E-state index in [1.807, 2.05) is 18.2 Å². The van der Waals surface area contributed by atoms with Crippen molar-refractivity contribution in [1.29, 1.82) is 0 Å². The maximum atomic E-state index is 10.9. The van der Waals surface area contributed by atoms with E-state index in [1.54, 1.807) is 0 Å². The normalized spacial score (nSPS) is 22.1. The first-order chi connectivity index (χ1) is 8.74. The Morgan fingerprint density at radius 2 is 2.17 bits per heavy atom. The number of nitrogens with zero attached hydrogens (tertiary/aromatic N) is 2. The topological polar surface area (TPSA) is 62.0 Å². The predicted octanol–water partition coefficient (Wildman–Crippen LogP) is 2.30. The van der Waals surface area contributed by atoms with Crippen molar-refractivity contribution in [3.63, 3.8) is 0 Å². The SMILES string of the molecule is O=C(O)[C@H]1CSC(C2=Nc3ccccc3CC2)=N1. The van der Waals surface area contributed by atoms with Gasteiger partial charge in [-0.2, -0.15) is 0 Å². The Kier molecular flexibility index (Phi) is 2.91. The van der Waals surface area contributed by atoms with Gasteiger partial charge in [-0.3, -0.25) is 9.98 Å². The van der Waals surface area contributed by atoms with E-state index in [2.05, 4.69) is 16.1 Å². The van der Waals surface area contributed by atoms with Gasteiger partial charge in [0.2, 0.25) is 0 Å². The fourth-order valence-corrected chi connectivity index (χ4v) is 3.15. The zero-order valence-electron chi connectivity index (χ0n) is 9.67. The monoisotopic (exact) mass is 260 g/mol. The zero-order chi connectivity index (χ0) is 12.5. The molecule has 3 rings (SSSR count). The van der Waals surface area contributed by atoms with E-state index in [0.29, 0.717) is 5.75 Å². The van der Waals surface area contributed by atoms with Gasteiger partial charge in [-0.05, 0) is 24.5 Å². The third-order valence-corrected chi connectivity index (χ3v) is 4.16. The molecule has 0 amide bonds. The van der Waals surface area contributed by atoms with Gasteiger partial charge in [0.1, 0.15) is 5.04 Å². The van der Waals surface area contributed by atoms with Gasteiger partial charge < -0.3 is 5.11 Å². The molecule has 4 nitrogen and oxygen atoms in total. The number of carboxylic acids is 1. The Morgan fingerprint density at radius 3 is 2.94 bits per heavy atom. The highest BCUT2D eigenvalue weighted by atomic mass is 32.2. The van der Waals surface area contributed by atoms with Gasteiger partial charge in [-0.25, -0.2) is 4.79 Å². The number of carboxylic acid groups (broad SMARTS) is 1. The van der Waals surface area contributed by atoms with Crippen LogP contribution < -0.4 is 0 Å². The maximum absolute atomic E-state index is 10.9. The van der Waals surface area contributed by atoms with Crippen LogP contribution in [0.3, 0.4) is 0 Å². The number of hydrogen-bond donors (Lipinski definition) is 1. The number of thioether (sulfide) groups is 1. The zero-order valence-corrected chi connectivity index (χ0v) is 10.5. The van der Waals surface area contributed by atoms with E-state index in [9.17, 15) is 4.79 Å². The second kappa shape index (κ2) is 4.57. The Hall–Kier alpha value is -1.62. The van der Waals surface area contributed by atoms with Crippen LogP contribution in [0.5, 0.6) is 0 Å². The lowest BCUT2D eigenvalue weighted by Gasteiger charge is -2.14. The minimum Gasteiger partial charge on any atom is -0.480 e. The highest BCUT2D eigenvalue weighted by Gasteiger charge is 2.27. The number of aliphatic carboxylic acids is 1. The molecule has 0 spiro atoms. The summed E-state index contributed by atoms with van der Waals surface area (Å²) in [5.41, 5.74) is 3.17. The molecule has 1 N–H and O–H groups in total. The summed E-state index contributed by atoms with van der Waals surface area (Å²) in [5.74, 6) is -0.333. The average molecular weight is 260 g/mol. The number of hydrogen-bond acceptors (Lipinski definition) is 4. The van der Waals surface area contributed by atoms with Crippen LogP contribution in [-0.4, -0.2) is 33.6 Å². The molecule has 0 unspecified atom stereocenters. The molecule has 0 saturated heterocycles. The molecule has 1 atom stereocenters. The number of aryl methyl sites for hydroxylation is 1. The van der Waals surface area contributed by atoms with Gasteiger partial charge in [0.25, 0.3) is 0 Å². The number of fused-ring (bicyclic) bond motifs is 1. The van der Waals surface area contributed by atoms with E-state index in [-0.39, 0.29) is 0 Å². The van der Waals surface area contributed by atoms with Crippen molar-refractivity contribution in [3.8, 4) is 0 Å². The molecule has 0 aliphatic carbocycles. The summed E-state index contributed by atoms with van der Waals surface area (Å²) in [5, 5.41) is 9.73. The number of rotatable bonds is 2. The molecule has 18 heavy (non-hydrogen) atoms. The molecule has 0 bridgehead atoms. The van der Waals surface area contributed by atoms with Crippen molar-refractivity contribution < 1.29 is 9.90 Å². The van der Waals surface area contributed by atoms with E-state index in [1.165, 1.54) is 17.3 Å². The number of para-hydroxylation sites is 1. The van der Waals surface area contributed by atoms with Gasteiger partial charge in [0.15, 0.2) is 6.04 Å². The number of aliphatic imine (C=N–C) groups is 2. The minimum atomic E-state index is -0.852. The average Bonchev–Trinajstić information content (AvgIpc) is 2.88. The van der Waals surface area contributed by atoms with Crippen LogP contribution in [-0.2, 0) is 11.2 Å². The summed E-state index contributed by atoms with van der Waals surface area (Å²) >= 11 is 1.50. The highest BCUT2D eigenvalue weighted by molar-refractivity contribution is 8.16. The summed E-state index contributed by atoms with van der Waals surface area (Å²) in [7, 11) is 0. The fraction of sp³-hybridized carbons (Fsp3) is 0.308. The lowest BCUT2D eigenvalue weighted by Crippen LogP contribution is -2.17. The van der Waals surface area contributed by atoms with Crippen LogP contribution in [0.4, 0.5) is 5.69 Å². The van der Waals surface area contributed by atoms with Gasteiger partial charge in [-0.15, -0.1) is 11.8 Å². The van der Waals surface area contributed by atoms with Gasteiger partial charge >= 0.3 is 5.97 Å². The molecular weight excluding hydrogens is 248 g/mol. The summed E-state index contributed by atoms with van der Waals surface area (Å²) in [4.78, 5) is 19.7. The van der Waals surface area contributed by atoms with Crippen LogP contribution in [0, 0.1) is 0 Å². The Morgan fingerprint density at radius 1 is 1.33 bits per heavy atom. The van der Waals surface area contributed by atoms with E-state index < -0.39 is 12.0 Å². The lowest BCUT2D eigenvalue weighted by molar-refractivity contribution is -0.137. The molecule has 1 aromatic carbocycles. The summed E-state index contributed by atoms with van der Waals surface area (Å²) in [6, 6.07) is 7.45. The van der Waals surface area contributed by atoms with Crippen molar-refractivity contribution in [3.05, 3.63) is 29.8 Å². The fourth-order valence-electron chi connectivity index (χ4n) is 2.10. The van der Waals surface area contributed by atoms with Crippen molar-refractivity contribution in [2.45, 2.75) is 18.9 Å². The first-order valence-corrected chi connectivity index (χ1v) is 6.82. The molecule has 92 valence electrons. The molecule has 0 saturated carbocycles. The predicted molar refractivity (Wildman–Crippen MR) is 73.2 cm³/mol. The van der Waals surface area contributed by atoms with Gasteiger partial charge in [-0.1, -0.05) is 18.2 Å². The molecule has 2 heterocycles. The van der Waals surface area contributed by atoms with Crippen LogP contribution in [0.25, 0.3) is 0 Å².